The Morgan fingerprint density at radius 2 is 1.88 bits per heavy atom. The number of aromatic nitrogens is 3. The van der Waals surface area contributed by atoms with Gasteiger partial charge in [-0.1, -0.05) is 38.1 Å². The monoisotopic (exact) mass is 565 g/mol. The van der Waals surface area contributed by atoms with E-state index >= 15 is 0 Å². The molecule has 1 saturated heterocycles. The number of carbonyl (C=O) groups is 2. The quantitative estimate of drug-likeness (QED) is 0.390. The summed E-state index contributed by atoms with van der Waals surface area (Å²) < 4.78 is 29.7. The van der Waals surface area contributed by atoms with Crippen molar-refractivity contribution in [1.82, 2.24) is 25.2 Å². The van der Waals surface area contributed by atoms with Crippen LogP contribution in [0.3, 0.4) is 0 Å². The molecule has 0 spiro atoms. The average molecular weight is 566 g/mol. The molecule has 0 saturated carbocycles. The smallest absolute Gasteiger partial charge is 0.261 e. The third-order valence-corrected chi connectivity index (χ3v) is 8.04. The Kier molecular flexibility index (Phi) is 7.95. The Morgan fingerprint density at radius 3 is 2.50 bits per heavy atom. The number of likely N-dealkylation sites (N-methyl/N-ethyl adjacent to an activating group) is 1. The van der Waals surface area contributed by atoms with Crippen LogP contribution in [-0.4, -0.2) is 71.0 Å². The molecule has 13 heteroatoms. The van der Waals surface area contributed by atoms with Crippen LogP contribution in [0.15, 0.2) is 59.6 Å². The van der Waals surface area contributed by atoms with Crippen molar-refractivity contribution < 1.29 is 23.1 Å². The number of nitrogens with zero attached hydrogens (tertiary/aromatic N) is 5. The van der Waals surface area contributed by atoms with Crippen molar-refractivity contribution in [2.75, 3.05) is 18.3 Å². The van der Waals surface area contributed by atoms with Crippen LogP contribution in [0.1, 0.15) is 38.8 Å². The van der Waals surface area contributed by atoms with Gasteiger partial charge >= 0.3 is 0 Å². The summed E-state index contributed by atoms with van der Waals surface area (Å²) in [5.41, 5.74) is 0.985. The van der Waals surface area contributed by atoms with E-state index in [-0.39, 0.29) is 29.7 Å². The Hall–Kier alpha value is -4.28. The second kappa shape index (κ2) is 11.1. The highest BCUT2D eigenvalue weighted by Crippen LogP contribution is 2.35. The van der Waals surface area contributed by atoms with Gasteiger partial charge in [0, 0.05) is 31.3 Å². The molecule has 0 bridgehead atoms. The number of nitriles is 1. The zero-order valence-electron chi connectivity index (χ0n) is 22.6. The second-order valence-corrected chi connectivity index (χ2v) is 12.4. The molecular weight excluding hydrogens is 534 g/mol. The second-order valence-electron chi connectivity index (χ2n) is 10.7. The van der Waals surface area contributed by atoms with Crippen LogP contribution < -0.4 is 10.0 Å². The highest BCUT2D eigenvalue weighted by atomic mass is 32.2. The van der Waals surface area contributed by atoms with Crippen LogP contribution in [0.5, 0.6) is 0 Å². The van der Waals surface area contributed by atoms with Crippen LogP contribution in [0.25, 0.3) is 11.3 Å². The summed E-state index contributed by atoms with van der Waals surface area (Å²) in [4.78, 5) is 27.6. The number of hydrogen-bond donors (Lipinski definition) is 3. The van der Waals surface area contributed by atoms with Gasteiger partial charge in [0.2, 0.25) is 11.8 Å². The number of aliphatic hydroxyl groups excluding tert-OH is 1. The van der Waals surface area contributed by atoms with E-state index in [9.17, 15) is 23.1 Å². The maximum absolute atomic E-state index is 13.8. The first-order valence-corrected chi connectivity index (χ1v) is 14.1. The molecular formula is C27H31N7O5S. The molecule has 2 aromatic carbocycles. The summed E-state index contributed by atoms with van der Waals surface area (Å²) in [5, 5.41) is 30.2. The van der Waals surface area contributed by atoms with Crippen LogP contribution in [0, 0.1) is 16.7 Å². The number of anilines is 1. The average Bonchev–Trinajstić information content (AvgIpc) is 3.54. The number of sulfonamides is 1. The summed E-state index contributed by atoms with van der Waals surface area (Å²) in [5.74, 6) is -0.713. The SMILES string of the molecule is CNC(=O)C1CC(O)CN1C(=O)[C@@H](n1cc(-c2cccc(NS(=O)(=O)c3ccc(C#N)cc3)c2)nn1)C(C)(C)C. The van der Waals surface area contributed by atoms with Gasteiger partial charge in [0.15, 0.2) is 0 Å². The van der Waals surface area contributed by atoms with Gasteiger partial charge in [-0.25, -0.2) is 13.1 Å². The molecule has 3 aromatic rings. The number of rotatable bonds is 7. The molecule has 3 atom stereocenters. The summed E-state index contributed by atoms with van der Waals surface area (Å²) in [6.07, 6.45) is 0.938. The summed E-state index contributed by atoms with van der Waals surface area (Å²) >= 11 is 0. The number of amides is 2. The number of nitrogens with one attached hydrogen (secondary N) is 2. The first-order chi connectivity index (χ1) is 18.8. The minimum absolute atomic E-state index is 0.0106. The van der Waals surface area contributed by atoms with Gasteiger partial charge in [0.05, 0.1) is 28.8 Å². The maximum Gasteiger partial charge on any atom is 0.261 e. The first-order valence-electron chi connectivity index (χ1n) is 12.6. The highest BCUT2D eigenvalue weighted by Gasteiger charge is 2.45. The van der Waals surface area contributed by atoms with Crippen LogP contribution in [0.4, 0.5) is 5.69 Å². The van der Waals surface area contributed by atoms with Crippen LogP contribution in [-0.2, 0) is 19.6 Å². The molecule has 1 aromatic heterocycles. The Labute approximate surface area is 232 Å². The van der Waals surface area contributed by atoms with Gasteiger partial charge in [0.1, 0.15) is 17.8 Å². The van der Waals surface area contributed by atoms with E-state index < -0.39 is 33.6 Å². The van der Waals surface area contributed by atoms with Gasteiger partial charge in [-0.15, -0.1) is 5.10 Å². The van der Waals surface area contributed by atoms with Crippen molar-refractivity contribution in [3.63, 3.8) is 0 Å². The lowest BCUT2D eigenvalue weighted by Crippen LogP contribution is -2.49. The van der Waals surface area contributed by atoms with Crippen molar-refractivity contribution in [2.24, 2.45) is 5.41 Å². The number of benzene rings is 2. The first kappa shape index (κ1) is 28.7. The number of aliphatic hydroxyl groups is 1. The van der Waals surface area contributed by atoms with Crippen molar-refractivity contribution in [1.29, 1.82) is 5.26 Å². The van der Waals surface area contributed by atoms with Crippen LogP contribution >= 0.6 is 0 Å². The molecule has 2 heterocycles. The lowest BCUT2D eigenvalue weighted by Gasteiger charge is -2.34. The summed E-state index contributed by atoms with van der Waals surface area (Å²) in [6, 6.07) is 12.5. The van der Waals surface area contributed by atoms with E-state index in [1.54, 1.807) is 30.5 Å². The van der Waals surface area contributed by atoms with Crippen molar-refractivity contribution in [3.8, 4) is 17.3 Å². The van der Waals surface area contributed by atoms with Gasteiger partial charge < -0.3 is 15.3 Å². The third kappa shape index (κ3) is 5.98. The van der Waals surface area contributed by atoms with Gasteiger partial charge in [0.25, 0.3) is 10.0 Å². The fraction of sp³-hybridized carbons (Fsp3) is 0.370. The van der Waals surface area contributed by atoms with E-state index in [1.807, 2.05) is 26.8 Å². The molecule has 12 nitrogen and oxygen atoms in total. The number of β-amino-alcohol motifs (C(OH)–C–C–N with tert-alkyl or cyclic N) is 1. The fourth-order valence-electron chi connectivity index (χ4n) is 4.71. The van der Waals surface area contributed by atoms with Gasteiger partial charge in [-0.3, -0.25) is 14.3 Å². The maximum atomic E-state index is 13.8. The molecule has 3 N–H and O–H groups in total. The molecule has 1 aliphatic heterocycles. The van der Waals surface area contributed by atoms with Crippen molar-refractivity contribution >= 4 is 27.5 Å². The van der Waals surface area contributed by atoms with E-state index in [1.165, 1.54) is 40.9 Å². The van der Waals surface area contributed by atoms with Gasteiger partial charge in [-0.05, 0) is 41.8 Å². The molecule has 0 radical (unpaired) electrons. The topological polar surface area (TPSA) is 170 Å². The molecule has 1 fully saturated rings. The van der Waals surface area contributed by atoms with Crippen molar-refractivity contribution in [3.05, 3.63) is 60.3 Å². The zero-order chi connectivity index (χ0) is 29.2. The van der Waals surface area contributed by atoms with Gasteiger partial charge in [-0.2, -0.15) is 5.26 Å². The van der Waals surface area contributed by atoms with E-state index in [0.29, 0.717) is 22.5 Å². The molecule has 210 valence electrons. The number of hydrogen-bond acceptors (Lipinski definition) is 8. The molecule has 1 aliphatic rings. The van der Waals surface area contributed by atoms with E-state index in [0.717, 1.165) is 0 Å². The zero-order valence-corrected chi connectivity index (χ0v) is 23.4. The van der Waals surface area contributed by atoms with E-state index in [2.05, 4.69) is 20.4 Å². The lowest BCUT2D eigenvalue weighted by molar-refractivity contribution is -0.144. The summed E-state index contributed by atoms with van der Waals surface area (Å²) in [7, 11) is -2.42. The standard InChI is InChI=1S/C27H31N7O5S/c1-27(2,3)24(26(37)33-15-20(35)13-23(33)25(36)29-4)34-16-22(30-32-34)18-6-5-7-19(12-18)31-40(38,39)21-10-8-17(14-28)9-11-21/h5-12,16,20,23-24,31,35H,13,15H2,1-4H3,(H,29,36)/t20?,23?,24-/m1/s1. The molecule has 40 heavy (non-hydrogen) atoms. The molecule has 0 aliphatic carbocycles. The van der Waals surface area contributed by atoms with Crippen LogP contribution in [0.2, 0.25) is 0 Å². The third-order valence-electron chi connectivity index (χ3n) is 6.64. The Bertz CT molecular complexity index is 1550. The molecule has 2 amide bonds. The largest absolute Gasteiger partial charge is 0.391 e. The number of carbonyl (C=O) groups excluding carboxylic acids is 2. The minimum Gasteiger partial charge on any atom is -0.391 e. The predicted molar refractivity (Wildman–Crippen MR) is 146 cm³/mol. The fourth-order valence-corrected chi connectivity index (χ4v) is 5.76. The van der Waals surface area contributed by atoms with Crippen molar-refractivity contribution in [2.45, 2.75) is 50.3 Å². The lowest BCUT2D eigenvalue weighted by atomic mass is 9.85. The minimum atomic E-state index is -3.91. The number of likely N-dealkylation sites (tertiary alicyclic amines) is 1. The normalized spacial score (nSPS) is 18.1. The highest BCUT2D eigenvalue weighted by molar-refractivity contribution is 7.92. The summed E-state index contributed by atoms with van der Waals surface area (Å²) in [6.45, 7) is 5.65. The Morgan fingerprint density at radius 1 is 1.18 bits per heavy atom. The molecule has 4 rings (SSSR count). The molecule has 2 unspecified atom stereocenters. The van der Waals surface area contributed by atoms with E-state index in [4.69, 9.17) is 5.26 Å². The predicted octanol–water partition coefficient (Wildman–Crippen LogP) is 1.91. The Balaban J connectivity index is 1.60.